The summed E-state index contributed by atoms with van der Waals surface area (Å²) >= 11 is 0. The van der Waals surface area contributed by atoms with Gasteiger partial charge < -0.3 is 24.0 Å². The van der Waals surface area contributed by atoms with Gasteiger partial charge in [-0.1, -0.05) is 110 Å². The Balaban J connectivity index is 0.00000729. The van der Waals surface area contributed by atoms with E-state index >= 15 is 0 Å². The van der Waals surface area contributed by atoms with Crippen molar-refractivity contribution in [2.24, 2.45) is 0 Å². The monoisotopic (exact) mass is 501 g/mol. The quantitative estimate of drug-likeness (QED) is 0.137. The van der Waals surface area contributed by atoms with E-state index in [1.807, 2.05) is 0 Å². The average molecular weight is 502 g/mol. The van der Waals surface area contributed by atoms with Crippen molar-refractivity contribution in [3.05, 3.63) is 30.1 Å². The van der Waals surface area contributed by atoms with E-state index in [0.29, 0.717) is 0 Å². The lowest BCUT2D eigenvalue weighted by Crippen LogP contribution is -3.00. The lowest BCUT2D eigenvalue weighted by Gasteiger charge is -2.03. The molecule has 0 fully saturated rings. The molecule has 0 saturated heterocycles. The molecule has 0 bridgehead atoms. The second-order valence-electron chi connectivity index (χ2n) is 8.62. The number of hydrogen-bond acceptors (Lipinski definition) is 0. The second-order valence-corrected chi connectivity index (χ2v) is 8.62. The summed E-state index contributed by atoms with van der Waals surface area (Å²) in [6.45, 7) is 5.63. The van der Waals surface area contributed by atoms with E-state index in [0.717, 1.165) is 0 Å². The van der Waals surface area contributed by atoms with Crippen molar-refractivity contribution in [1.82, 2.24) is 0 Å². The van der Waals surface area contributed by atoms with Gasteiger partial charge in [0.1, 0.15) is 6.54 Å². The van der Waals surface area contributed by atoms with Gasteiger partial charge in [-0.2, -0.15) is 0 Å². The van der Waals surface area contributed by atoms with E-state index in [2.05, 4.69) is 42.9 Å². The third-order valence-electron chi connectivity index (χ3n) is 5.83. The van der Waals surface area contributed by atoms with Crippen LogP contribution in [0.3, 0.4) is 0 Å². The van der Waals surface area contributed by atoms with Crippen LogP contribution in [-0.4, -0.2) is 0 Å². The van der Waals surface area contributed by atoms with Crippen LogP contribution in [0, 0.1) is 6.92 Å². The highest BCUT2D eigenvalue weighted by Gasteiger charge is 1.99. The highest BCUT2D eigenvalue weighted by Crippen LogP contribution is 2.14. The van der Waals surface area contributed by atoms with Crippen LogP contribution in [0.25, 0.3) is 0 Å². The van der Waals surface area contributed by atoms with Crippen LogP contribution >= 0.6 is 0 Å². The lowest BCUT2D eigenvalue weighted by molar-refractivity contribution is -0.697. The molecular formula is C26H48IN. The van der Waals surface area contributed by atoms with Gasteiger partial charge in [0.05, 0.1) is 0 Å². The van der Waals surface area contributed by atoms with E-state index < -0.39 is 0 Å². The van der Waals surface area contributed by atoms with Gasteiger partial charge in [-0.05, 0) is 18.9 Å². The van der Waals surface area contributed by atoms with Gasteiger partial charge in [-0.3, -0.25) is 0 Å². The third-order valence-corrected chi connectivity index (χ3v) is 5.83. The molecule has 164 valence electrons. The molecule has 1 aromatic heterocycles. The molecule has 0 saturated carbocycles. The van der Waals surface area contributed by atoms with Gasteiger partial charge in [0.15, 0.2) is 12.4 Å². The smallest absolute Gasteiger partial charge is 0.169 e. The van der Waals surface area contributed by atoms with Crippen molar-refractivity contribution >= 4 is 0 Å². The first-order valence-electron chi connectivity index (χ1n) is 12.3. The van der Waals surface area contributed by atoms with Crippen molar-refractivity contribution in [3.8, 4) is 0 Å². The number of pyridine rings is 1. The summed E-state index contributed by atoms with van der Waals surface area (Å²) in [5.41, 5.74) is 1.35. The number of unbranched alkanes of at least 4 members (excludes halogenated alkanes) is 17. The molecule has 0 atom stereocenters. The molecule has 0 aliphatic heterocycles. The predicted molar refractivity (Wildman–Crippen MR) is 120 cm³/mol. The standard InChI is InChI=1S/C26H48N.HI/c1-3-4-5-6-7-8-9-10-11-12-13-14-15-16-17-18-19-20-23-27-24-21-26(2)22-25-27;/h21-22,24-25H,3-20,23H2,1-2H3;1H/q+1;/p-1. The molecule has 1 aromatic rings. The Kier molecular flexibility index (Phi) is 21.5. The maximum Gasteiger partial charge on any atom is 0.169 e. The SMILES string of the molecule is CCCCCCCCCCCCCCCCCCCC[n+]1ccc(C)cc1.[I-]. The molecule has 0 aliphatic rings. The molecule has 2 heteroatoms. The molecule has 28 heavy (non-hydrogen) atoms. The zero-order valence-electron chi connectivity index (χ0n) is 19.1. The van der Waals surface area contributed by atoms with E-state index in [1.54, 1.807) is 0 Å². The maximum atomic E-state index is 2.32. The van der Waals surface area contributed by atoms with Gasteiger partial charge in [-0.15, -0.1) is 0 Å². The van der Waals surface area contributed by atoms with Crippen molar-refractivity contribution in [1.29, 1.82) is 0 Å². The zero-order chi connectivity index (χ0) is 19.4. The summed E-state index contributed by atoms with van der Waals surface area (Å²) in [7, 11) is 0. The average Bonchev–Trinajstić information content (AvgIpc) is 2.68. The summed E-state index contributed by atoms with van der Waals surface area (Å²) in [4.78, 5) is 0. The number of nitrogens with zero attached hydrogens (tertiary/aromatic N) is 1. The summed E-state index contributed by atoms with van der Waals surface area (Å²) < 4.78 is 2.32. The largest absolute Gasteiger partial charge is 1.00 e. The van der Waals surface area contributed by atoms with E-state index in [-0.39, 0.29) is 24.0 Å². The molecule has 0 radical (unpaired) electrons. The van der Waals surface area contributed by atoms with Crippen LogP contribution in [-0.2, 0) is 6.54 Å². The minimum Gasteiger partial charge on any atom is -1.00 e. The number of rotatable bonds is 19. The number of aryl methyl sites for hydroxylation is 2. The summed E-state index contributed by atoms with van der Waals surface area (Å²) in [6.07, 6.45) is 30.5. The zero-order valence-corrected chi connectivity index (χ0v) is 21.2. The fourth-order valence-corrected chi connectivity index (χ4v) is 3.88. The van der Waals surface area contributed by atoms with Crippen molar-refractivity contribution in [2.75, 3.05) is 0 Å². The Hall–Kier alpha value is -0.120. The molecule has 0 aliphatic carbocycles. The fraction of sp³-hybridized carbons (Fsp3) is 0.808. The summed E-state index contributed by atoms with van der Waals surface area (Å²) in [5.74, 6) is 0. The fourth-order valence-electron chi connectivity index (χ4n) is 3.88. The van der Waals surface area contributed by atoms with Crippen LogP contribution in [0.5, 0.6) is 0 Å². The van der Waals surface area contributed by atoms with Gasteiger partial charge in [0.25, 0.3) is 0 Å². The maximum absolute atomic E-state index is 2.32. The van der Waals surface area contributed by atoms with E-state index in [1.165, 1.54) is 128 Å². The molecule has 1 rings (SSSR count). The Labute approximate surface area is 194 Å². The van der Waals surface area contributed by atoms with Crippen LogP contribution in [0.2, 0.25) is 0 Å². The van der Waals surface area contributed by atoms with Crippen molar-refractivity contribution in [3.63, 3.8) is 0 Å². The number of aromatic nitrogens is 1. The topological polar surface area (TPSA) is 3.88 Å². The first-order chi connectivity index (χ1) is 13.3. The van der Waals surface area contributed by atoms with Gasteiger partial charge in [0, 0.05) is 18.6 Å². The summed E-state index contributed by atoms with van der Waals surface area (Å²) in [6, 6.07) is 4.41. The minimum atomic E-state index is 0. The molecule has 0 aromatic carbocycles. The molecule has 0 amide bonds. The Morgan fingerprint density at radius 2 is 0.857 bits per heavy atom. The van der Waals surface area contributed by atoms with Gasteiger partial charge in [-0.25, -0.2) is 4.57 Å². The summed E-state index contributed by atoms with van der Waals surface area (Å²) in [5, 5.41) is 0. The molecule has 0 unspecified atom stereocenters. The lowest BCUT2D eigenvalue weighted by atomic mass is 10.0. The molecule has 1 nitrogen and oxygen atoms in total. The van der Waals surface area contributed by atoms with Crippen molar-refractivity contribution < 1.29 is 28.5 Å². The number of halogens is 1. The minimum absolute atomic E-state index is 0. The predicted octanol–water partition coefficient (Wildman–Crippen LogP) is 5.33. The molecule has 0 N–H and O–H groups in total. The Morgan fingerprint density at radius 1 is 0.536 bits per heavy atom. The first kappa shape index (κ1) is 27.9. The highest BCUT2D eigenvalue weighted by atomic mass is 127. The van der Waals surface area contributed by atoms with Crippen LogP contribution < -0.4 is 28.5 Å². The van der Waals surface area contributed by atoms with E-state index in [9.17, 15) is 0 Å². The molecular weight excluding hydrogens is 453 g/mol. The van der Waals surface area contributed by atoms with Gasteiger partial charge in [0.2, 0.25) is 0 Å². The van der Waals surface area contributed by atoms with Crippen molar-refractivity contribution in [2.45, 2.75) is 136 Å². The highest BCUT2D eigenvalue weighted by molar-refractivity contribution is 5.03. The molecule has 1 heterocycles. The van der Waals surface area contributed by atoms with Crippen LogP contribution in [0.1, 0.15) is 128 Å². The van der Waals surface area contributed by atoms with Crippen LogP contribution in [0.15, 0.2) is 24.5 Å². The second kappa shape index (κ2) is 21.6. The van der Waals surface area contributed by atoms with Crippen LogP contribution in [0.4, 0.5) is 0 Å². The Morgan fingerprint density at radius 3 is 1.21 bits per heavy atom. The first-order valence-corrected chi connectivity index (χ1v) is 12.3. The normalized spacial score (nSPS) is 10.8. The Bertz CT molecular complexity index is 415. The third kappa shape index (κ3) is 17.9. The van der Waals surface area contributed by atoms with Gasteiger partial charge >= 0.3 is 0 Å². The van der Waals surface area contributed by atoms with E-state index in [4.69, 9.17) is 0 Å². The molecule has 0 spiro atoms. The number of hydrogen-bond donors (Lipinski definition) is 0.